The van der Waals surface area contributed by atoms with Crippen molar-refractivity contribution in [2.45, 2.75) is 39.0 Å². The van der Waals surface area contributed by atoms with Gasteiger partial charge in [0.15, 0.2) is 5.82 Å². The SMILES string of the molecule is CCOC(=O)CN(C)c1nc(-c2cc(OCCN3CCCC3)ccn2)nc2c1CCC2. The van der Waals surface area contributed by atoms with Crippen LogP contribution in [0.25, 0.3) is 11.5 Å². The number of pyridine rings is 1. The molecule has 31 heavy (non-hydrogen) atoms. The molecule has 166 valence electrons. The minimum absolute atomic E-state index is 0.157. The second kappa shape index (κ2) is 10.0. The second-order valence-corrected chi connectivity index (χ2v) is 8.08. The van der Waals surface area contributed by atoms with E-state index < -0.39 is 0 Å². The minimum atomic E-state index is -0.261. The molecule has 3 heterocycles. The van der Waals surface area contributed by atoms with Crippen molar-refractivity contribution in [1.82, 2.24) is 19.9 Å². The Balaban J connectivity index is 1.51. The monoisotopic (exact) mass is 425 g/mol. The predicted octanol–water partition coefficient (Wildman–Crippen LogP) is 2.50. The molecule has 1 fully saturated rings. The van der Waals surface area contributed by atoms with Crippen LogP contribution in [0.3, 0.4) is 0 Å². The van der Waals surface area contributed by atoms with Crippen LogP contribution < -0.4 is 9.64 Å². The molecule has 0 bridgehead atoms. The van der Waals surface area contributed by atoms with Gasteiger partial charge in [-0.15, -0.1) is 0 Å². The fraction of sp³-hybridized carbons (Fsp3) is 0.565. The van der Waals surface area contributed by atoms with E-state index >= 15 is 0 Å². The Morgan fingerprint density at radius 3 is 2.84 bits per heavy atom. The molecule has 0 amide bonds. The summed E-state index contributed by atoms with van der Waals surface area (Å²) < 4.78 is 11.1. The van der Waals surface area contributed by atoms with Crippen molar-refractivity contribution in [2.75, 3.05) is 51.3 Å². The lowest BCUT2D eigenvalue weighted by atomic mass is 10.2. The molecule has 8 nitrogen and oxygen atoms in total. The van der Waals surface area contributed by atoms with E-state index in [1.165, 1.54) is 12.8 Å². The van der Waals surface area contributed by atoms with Gasteiger partial charge in [0, 0.05) is 37.1 Å². The van der Waals surface area contributed by atoms with Gasteiger partial charge in [0.2, 0.25) is 0 Å². The zero-order valence-electron chi connectivity index (χ0n) is 18.5. The van der Waals surface area contributed by atoms with E-state index in [2.05, 4.69) is 9.88 Å². The van der Waals surface area contributed by atoms with Crippen molar-refractivity contribution < 1.29 is 14.3 Å². The van der Waals surface area contributed by atoms with Crippen LogP contribution in [0.4, 0.5) is 5.82 Å². The van der Waals surface area contributed by atoms with Gasteiger partial charge in [0.05, 0.1) is 6.61 Å². The highest BCUT2D eigenvalue weighted by Gasteiger charge is 2.24. The minimum Gasteiger partial charge on any atom is -0.492 e. The number of rotatable bonds is 9. The molecule has 2 aliphatic rings. The van der Waals surface area contributed by atoms with Crippen LogP contribution in [0, 0.1) is 0 Å². The number of likely N-dealkylation sites (N-methyl/N-ethyl adjacent to an activating group) is 1. The molecule has 0 spiro atoms. The number of hydrogen-bond donors (Lipinski definition) is 0. The highest BCUT2D eigenvalue weighted by atomic mass is 16.5. The quantitative estimate of drug-likeness (QED) is 0.567. The van der Waals surface area contributed by atoms with E-state index in [9.17, 15) is 4.79 Å². The highest BCUT2D eigenvalue weighted by molar-refractivity contribution is 5.76. The Morgan fingerprint density at radius 1 is 1.19 bits per heavy atom. The van der Waals surface area contributed by atoms with Gasteiger partial charge in [-0.05, 0) is 58.2 Å². The van der Waals surface area contributed by atoms with E-state index in [0.29, 0.717) is 24.7 Å². The van der Waals surface area contributed by atoms with Gasteiger partial charge >= 0.3 is 5.97 Å². The van der Waals surface area contributed by atoms with Crippen LogP contribution in [-0.4, -0.2) is 72.3 Å². The first kappa shape index (κ1) is 21.5. The summed E-state index contributed by atoms with van der Waals surface area (Å²) in [5.41, 5.74) is 2.84. The average Bonchev–Trinajstić information content (AvgIpc) is 3.45. The second-order valence-electron chi connectivity index (χ2n) is 8.08. The van der Waals surface area contributed by atoms with Crippen molar-refractivity contribution in [3.8, 4) is 17.3 Å². The molecule has 0 unspecified atom stereocenters. The maximum absolute atomic E-state index is 12.0. The number of esters is 1. The molecular formula is C23H31N5O3. The maximum atomic E-state index is 12.0. The van der Waals surface area contributed by atoms with Crippen LogP contribution in [0.5, 0.6) is 5.75 Å². The number of aryl methyl sites for hydroxylation is 1. The number of fused-ring (bicyclic) bond motifs is 1. The molecule has 0 radical (unpaired) electrons. The number of likely N-dealkylation sites (tertiary alicyclic amines) is 1. The molecule has 1 saturated heterocycles. The van der Waals surface area contributed by atoms with Gasteiger partial charge in [-0.2, -0.15) is 0 Å². The molecule has 0 N–H and O–H groups in total. The molecule has 1 aliphatic carbocycles. The van der Waals surface area contributed by atoms with Crippen molar-refractivity contribution in [1.29, 1.82) is 0 Å². The topological polar surface area (TPSA) is 80.7 Å². The van der Waals surface area contributed by atoms with Crippen LogP contribution in [0.15, 0.2) is 18.3 Å². The number of aromatic nitrogens is 3. The fourth-order valence-corrected chi connectivity index (χ4v) is 4.24. The molecule has 0 atom stereocenters. The summed E-state index contributed by atoms with van der Waals surface area (Å²) in [6.07, 6.45) is 7.17. The normalized spacial score (nSPS) is 15.7. The first-order valence-corrected chi connectivity index (χ1v) is 11.2. The molecule has 0 aromatic carbocycles. The van der Waals surface area contributed by atoms with Crippen LogP contribution >= 0.6 is 0 Å². The summed E-state index contributed by atoms with van der Waals surface area (Å²) in [6, 6.07) is 3.77. The molecule has 1 aliphatic heterocycles. The number of anilines is 1. The Labute approximate surface area is 183 Å². The fourth-order valence-electron chi connectivity index (χ4n) is 4.24. The third-order valence-electron chi connectivity index (χ3n) is 5.78. The maximum Gasteiger partial charge on any atom is 0.325 e. The predicted molar refractivity (Wildman–Crippen MR) is 118 cm³/mol. The number of carbonyl (C=O) groups excluding carboxylic acids is 1. The number of hydrogen-bond acceptors (Lipinski definition) is 8. The van der Waals surface area contributed by atoms with Crippen molar-refractivity contribution >= 4 is 11.8 Å². The van der Waals surface area contributed by atoms with Crippen LogP contribution in [0.2, 0.25) is 0 Å². The first-order valence-electron chi connectivity index (χ1n) is 11.2. The van der Waals surface area contributed by atoms with Crippen molar-refractivity contribution in [3.05, 3.63) is 29.6 Å². The lowest BCUT2D eigenvalue weighted by molar-refractivity contribution is -0.141. The van der Waals surface area contributed by atoms with Crippen LogP contribution in [0.1, 0.15) is 37.4 Å². The third-order valence-corrected chi connectivity index (χ3v) is 5.78. The largest absolute Gasteiger partial charge is 0.492 e. The summed E-state index contributed by atoms with van der Waals surface area (Å²) in [6.45, 7) is 6.26. The summed E-state index contributed by atoms with van der Waals surface area (Å²) in [4.78, 5) is 30.3. The lowest BCUT2D eigenvalue weighted by Crippen LogP contribution is -2.29. The molecule has 4 rings (SSSR count). The Morgan fingerprint density at radius 2 is 2.03 bits per heavy atom. The Bertz CT molecular complexity index is 914. The zero-order valence-corrected chi connectivity index (χ0v) is 18.5. The Kier molecular flexibility index (Phi) is 6.96. The average molecular weight is 426 g/mol. The van der Waals surface area contributed by atoms with E-state index in [1.807, 2.05) is 31.0 Å². The summed E-state index contributed by atoms with van der Waals surface area (Å²) in [7, 11) is 1.87. The van der Waals surface area contributed by atoms with Crippen molar-refractivity contribution in [2.24, 2.45) is 0 Å². The lowest BCUT2D eigenvalue weighted by Gasteiger charge is -2.20. The number of ether oxygens (including phenoxy) is 2. The van der Waals surface area contributed by atoms with Gasteiger partial charge in [-0.25, -0.2) is 9.97 Å². The van der Waals surface area contributed by atoms with Crippen LogP contribution in [-0.2, 0) is 22.4 Å². The van der Waals surface area contributed by atoms with Gasteiger partial charge in [-0.1, -0.05) is 0 Å². The van der Waals surface area contributed by atoms with E-state index in [4.69, 9.17) is 19.4 Å². The van der Waals surface area contributed by atoms with Gasteiger partial charge in [0.1, 0.15) is 30.4 Å². The molecule has 2 aromatic heterocycles. The highest BCUT2D eigenvalue weighted by Crippen LogP contribution is 2.31. The van der Waals surface area contributed by atoms with Gasteiger partial charge in [0.25, 0.3) is 0 Å². The zero-order chi connectivity index (χ0) is 21.6. The van der Waals surface area contributed by atoms with Gasteiger partial charge < -0.3 is 14.4 Å². The summed E-state index contributed by atoms with van der Waals surface area (Å²) in [5.74, 6) is 1.86. The summed E-state index contributed by atoms with van der Waals surface area (Å²) in [5, 5.41) is 0. The van der Waals surface area contributed by atoms with Crippen molar-refractivity contribution in [3.63, 3.8) is 0 Å². The Hall–Kier alpha value is -2.74. The molecular weight excluding hydrogens is 394 g/mol. The van der Waals surface area contributed by atoms with E-state index in [1.54, 1.807) is 6.20 Å². The third kappa shape index (κ3) is 5.31. The number of carbonyl (C=O) groups is 1. The first-order chi connectivity index (χ1) is 15.1. The van der Waals surface area contributed by atoms with E-state index in [0.717, 1.165) is 61.7 Å². The number of nitrogens with zero attached hydrogens (tertiary/aromatic N) is 5. The van der Waals surface area contributed by atoms with Gasteiger partial charge in [-0.3, -0.25) is 14.7 Å². The molecule has 0 saturated carbocycles. The molecule has 8 heteroatoms. The standard InChI is InChI=1S/C23H31N5O3/c1-3-30-21(29)16-27(2)23-18-7-6-8-19(18)25-22(26-23)20-15-17(9-10-24-20)31-14-13-28-11-4-5-12-28/h9-10,15H,3-8,11-14,16H2,1-2H3. The van der Waals surface area contributed by atoms with E-state index in [-0.39, 0.29) is 12.5 Å². The smallest absolute Gasteiger partial charge is 0.325 e. The summed E-state index contributed by atoms with van der Waals surface area (Å²) >= 11 is 0. The molecule has 2 aromatic rings.